The fourth-order valence-electron chi connectivity index (χ4n) is 1.62. The van der Waals surface area contributed by atoms with Crippen LogP contribution in [0.15, 0.2) is 35.7 Å². The van der Waals surface area contributed by atoms with Gasteiger partial charge in [-0.25, -0.2) is 0 Å². The van der Waals surface area contributed by atoms with Gasteiger partial charge in [-0.1, -0.05) is 17.7 Å². The molecule has 1 heterocycles. The summed E-state index contributed by atoms with van der Waals surface area (Å²) in [5.41, 5.74) is 1.93. The van der Waals surface area contributed by atoms with Gasteiger partial charge in [0.05, 0.1) is 0 Å². The van der Waals surface area contributed by atoms with Crippen LogP contribution in [-0.4, -0.2) is 10.5 Å². The Morgan fingerprint density at radius 2 is 2.22 bits per heavy atom. The minimum Gasteiger partial charge on any atom is -0.380 e. The molecule has 96 valence electrons. The molecule has 0 aliphatic carbocycles. The molecule has 1 unspecified atom stereocenters. The van der Waals surface area contributed by atoms with Crippen molar-refractivity contribution >= 4 is 39.4 Å². The molecule has 0 radical (unpaired) electrons. The molecule has 1 aromatic carbocycles. The molecule has 0 aliphatic heterocycles. The maximum absolute atomic E-state index is 11.3. The minimum absolute atomic E-state index is 0.493. The summed E-state index contributed by atoms with van der Waals surface area (Å²) in [4.78, 5) is 1.28. The quantitative estimate of drug-likeness (QED) is 0.907. The molecular formula is C13H14ClNOS2. The van der Waals surface area contributed by atoms with Crippen LogP contribution < -0.4 is 5.32 Å². The first kappa shape index (κ1) is 13.6. The van der Waals surface area contributed by atoms with Crippen molar-refractivity contribution in [3.63, 3.8) is 0 Å². The monoisotopic (exact) mass is 299 g/mol. The van der Waals surface area contributed by atoms with E-state index in [9.17, 15) is 4.21 Å². The number of rotatable bonds is 5. The molecule has 2 rings (SSSR count). The van der Waals surface area contributed by atoms with Gasteiger partial charge < -0.3 is 5.32 Å². The number of halogens is 1. The zero-order chi connectivity index (χ0) is 13.0. The Bertz CT molecular complexity index is 540. The van der Waals surface area contributed by atoms with Gasteiger partial charge in [0.2, 0.25) is 0 Å². The average Bonchev–Trinajstić information content (AvgIpc) is 2.82. The normalized spacial score (nSPS) is 12.3. The SMILES string of the molecule is CS(=O)Cc1cc(NCc2cccs2)ccc1Cl. The highest BCUT2D eigenvalue weighted by atomic mass is 35.5. The van der Waals surface area contributed by atoms with Crippen LogP contribution in [-0.2, 0) is 23.1 Å². The van der Waals surface area contributed by atoms with E-state index in [1.807, 2.05) is 24.3 Å². The van der Waals surface area contributed by atoms with Gasteiger partial charge in [-0.3, -0.25) is 4.21 Å². The zero-order valence-electron chi connectivity index (χ0n) is 9.98. The zero-order valence-corrected chi connectivity index (χ0v) is 12.4. The number of hydrogen-bond acceptors (Lipinski definition) is 3. The Kier molecular flexibility index (Phi) is 4.80. The summed E-state index contributed by atoms with van der Waals surface area (Å²) < 4.78 is 11.3. The standard InChI is InChI=1S/C13H14ClNOS2/c1-18(16)9-10-7-11(4-5-13(10)14)15-8-12-3-2-6-17-12/h2-7,15H,8-9H2,1H3. The van der Waals surface area contributed by atoms with E-state index in [-0.39, 0.29) is 0 Å². The van der Waals surface area contributed by atoms with E-state index in [0.29, 0.717) is 10.8 Å². The minimum atomic E-state index is -0.879. The Morgan fingerprint density at radius 1 is 1.39 bits per heavy atom. The van der Waals surface area contributed by atoms with Gasteiger partial charge in [0.1, 0.15) is 0 Å². The van der Waals surface area contributed by atoms with Crippen LogP contribution in [0, 0.1) is 0 Å². The van der Waals surface area contributed by atoms with E-state index in [4.69, 9.17) is 11.6 Å². The number of thiophene rings is 1. The van der Waals surface area contributed by atoms with Crippen molar-refractivity contribution in [2.75, 3.05) is 11.6 Å². The molecule has 0 bridgehead atoms. The van der Waals surface area contributed by atoms with Crippen molar-refractivity contribution in [1.82, 2.24) is 0 Å². The van der Waals surface area contributed by atoms with E-state index in [0.717, 1.165) is 17.8 Å². The number of nitrogens with one attached hydrogen (secondary N) is 1. The highest BCUT2D eigenvalue weighted by molar-refractivity contribution is 7.83. The molecule has 1 atom stereocenters. The van der Waals surface area contributed by atoms with Crippen LogP contribution in [0.3, 0.4) is 0 Å². The Labute approximate surface area is 118 Å². The van der Waals surface area contributed by atoms with Gasteiger partial charge in [0, 0.05) is 44.9 Å². The molecule has 2 aromatic rings. The van der Waals surface area contributed by atoms with Crippen LogP contribution in [0.2, 0.25) is 5.02 Å². The van der Waals surface area contributed by atoms with Crippen molar-refractivity contribution in [1.29, 1.82) is 0 Å². The van der Waals surface area contributed by atoms with Crippen molar-refractivity contribution in [3.05, 3.63) is 51.2 Å². The summed E-state index contributed by atoms with van der Waals surface area (Å²) in [6, 6.07) is 9.89. The Balaban J connectivity index is 2.06. The topological polar surface area (TPSA) is 29.1 Å². The van der Waals surface area contributed by atoms with E-state index < -0.39 is 10.8 Å². The van der Waals surface area contributed by atoms with Gasteiger partial charge in [-0.05, 0) is 35.2 Å². The van der Waals surface area contributed by atoms with Crippen molar-refractivity contribution < 1.29 is 4.21 Å². The summed E-state index contributed by atoms with van der Waals surface area (Å²) >= 11 is 7.80. The van der Waals surface area contributed by atoms with Crippen molar-refractivity contribution in [3.8, 4) is 0 Å². The van der Waals surface area contributed by atoms with Crippen LogP contribution in [0.25, 0.3) is 0 Å². The number of hydrogen-bond donors (Lipinski definition) is 1. The highest BCUT2D eigenvalue weighted by Gasteiger charge is 2.04. The van der Waals surface area contributed by atoms with Gasteiger partial charge >= 0.3 is 0 Å². The maximum Gasteiger partial charge on any atom is 0.0498 e. The summed E-state index contributed by atoms with van der Waals surface area (Å²) in [7, 11) is -0.879. The summed E-state index contributed by atoms with van der Waals surface area (Å²) in [6.07, 6.45) is 1.68. The highest BCUT2D eigenvalue weighted by Crippen LogP contribution is 2.22. The van der Waals surface area contributed by atoms with E-state index >= 15 is 0 Å². The first-order chi connectivity index (χ1) is 8.65. The molecule has 1 aromatic heterocycles. The fraction of sp³-hybridized carbons (Fsp3) is 0.231. The van der Waals surface area contributed by atoms with Gasteiger partial charge in [0.25, 0.3) is 0 Å². The molecule has 2 nitrogen and oxygen atoms in total. The van der Waals surface area contributed by atoms with Crippen LogP contribution >= 0.6 is 22.9 Å². The second kappa shape index (κ2) is 6.36. The lowest BCUT2D eigenvalue weighted by atomic mass is 10.2. The Hall–Kier alpha value is -0.840. The molecule has 0 saturated carbocycles. The van der Waals surface area contributed by atoms with Gasteiger partial charge in [-0.2, -0.15) is 0 Å². The first-order valence-electron chi connectivity index (χ1n) is 5.50. The summed E-state index contributed by atoms with van der Waals surface area (Å²) in [5, 5.41) is 6.07. The second-order valence-electron chi connectivity index (χ2n) is 3.96. The van der Waals surface area contributed by atoms with Gasteiger partial charge in [0.15, 0.2) is 0 Å². The van der Waals surface area contributed by atoms with Crippen LogP contribution in [0.5, 0.6) is 0 Å². The second-order valence-corrected chi connectivity index (χ2v) is 6.83. The molecule has 0 spiro atoms. The van der Waals surface area contributed by atoms with E-state index in [2.05, 4.69) is 16.8 Å². The van der Waals surface area contributed by atoms with Crippen LogP contribution in [0.1, 0.15) is 10.4 Å². The largest absolute Gasteiger partial charge is 0.380 e. The molecule has 5 heteroatoms. The van der Waals surface area contributed by atoms with E-state index in [1.165, 1.54) is 4.88 Å². The van der Waals surface area contributed by atoms with E-state index in [1.54, 1.807) is 17.6 Å². The molecule has 1 N–H and O–H groups in total. The molecule has 0 amide bonds. The predicted molar refractivity (Wildman–Crippen MR) is 80.9 cm³/mol. The molecule has 0 saturated heterocycles. The Morgan fingerprint density at radius 3 is 2.89 bits per heavy atom. The predicted octanol–water partition coefficient (Wildman–Crippen LogP) is 3.89. The smallest absolute Gasteiger partial charge is 0.0498 e. The lowest BCUT2D eigenvalue weighted by Gasteiger charge is -2.08. The van der Waals surface area contributed by atoms with Crippen LogP contribution in [0.4, 0.5) is 5.69 Å². The number of anilines is 1. The van der Waals surface area contributed by atoms with Crippen molar-refractivity contribution in [2.24, 2.45) is 0 Å². The lowest BCUT2D eigenvalue weighted by Crippen LogP contribution is -1.99. The third-order valence-electron chi connectivity index (χ3n) is 2.45. The molecule has 0 aliphatic rings. The summed E-state index contributed by atoms with van der Waals surface area (Å²) in [6.45, 7) is 0.800. The third kappa shape index (κ3) is 3.83. The third-order valence-corrected chi connectivity index (χ3v) is 4.41. The molecule has 18 heavy (non-hydrogen) atoms. The summed E-state index contributed by atoms with van der Waals surface area (Å²) in [5.74, 6) is 0.493. The molecule has 0 fully saturated rings. The fourth-order valence-corrected chi connectivity index (χ4v) is 3.20. The first-order valence-corrected chi connectivity index (χ1v) is 8.48. The number of benzene rings is 1. The molecular weight excluding hydrogens is 286 g/mol. The lowest BCUT2D eigenvalue weighted by molar-refractivity contribution is 0.686. The average molecular weight is 300 g/mol. The maximum atomic E-state index is 11.3. The van der Waals surface area contributed by atoms with Crippen molar-refractivity contribution in [2.45, 2.75) is 12.3 Å². The van der Waals surface area contributed by atoms with Gasteiger partial charge in [-0.15, -0.1) is 11.3 Å².